The van der Waals surface area contributed by atoms with Crippen molar-refractivity contribution in [2.75, 3.05) is 0 Å². The normalized spacial score (nSPS) is 10.1. The first kappa shape index (κ1) is 19.8. The van der Waals surface area contributed by atoms with E-state index in [4.69, 9.17) is 0 Å². The van der Waals surface area contributed by atoms with E-state index in [9.17, 15) is 0 Å². The summed E-state index contributed by atoms with van der Waals surface area (Å²) in [6.07, 6.45) is 1.85. The van der Waals surface area contributed by atoms with E-state index in [2.05, 4.69) is 129 Å². The Morgan fingerprint density at radius 3 is 1.21 bits per heavy atom. The Balaban J connectivity index is 0.000000211. The number of rotatable bonds is 4. The van der Waals surface area contributed by atoms with Gasteiger partial charge in [0.25, 0.3) is 0 Å². The monoisotopic (exact) mass is 380 g/mol. The third-order valence-corrected chi connectivity index (χ3v) is 6.80. The molecule has 138 valence electrons. The minimum Gasteiger partial charge on any atom is -0.0985 e. The van der Waals surface area contributed by atoms with Crippen LogP contribution in [0.3, 0.4) is 0 Å². The van der Waals surface area contributed by atoms with E-state index >= 15 is 0 Å². The lowest BCUT2D eigenvalue weighted by Crippen LogP contribution is -2.20. The quantitative estimate of drug-likeness (QED) is 0.376. The third kappa shape index (κ3) is 5.52. The smallest absolute Gasteiger partial charge is 0.0134 e. The van der Waals surface area contributed by atoms with Crippen LogP contribution < -0.4 is 15.9 Å². The summed E-state index contributed by atoms with van der Waals surface area (Å²) in [6, 6.07) is 40.6. The molecule has 1 heteroatoms. The highest BCUT2D eigenvalue weighted by atomic mass is 31.1. The number of hydrogen-bond acceptors (Lipinski definition) is 0. The van der Waals surface area contributed by atoms with Crippen LogP contribution in [0, 0.1) is 6.92 Å². The molecule has 28 heavy (non-hydrogen) atoms. The zero-order valence-electron chi connectivity index (χ0n) is 16.2. The summed E-state index contributed by atoms with van der Waals surface area (Å²) >= 11 is 0. The Hall–Kier alpha value is -2.95. The molecule has 4 rings (SSSR count). The number of aryl methyl sites for hydroxylation is 1. The third-order valence-electron chi connectivity index (χ3n) is 4.36. The van der Waals surface area contributed by atoms with Crippen molar-refractivity contribution in [1.29, 1.82) is 0 Å². The van der Waals surface area contributed by atoms with Crippen molar-refractivity contribution < 1.29 is 0 Å². The number of hydrogen-bond donors (Lipinski definition) is 0. The van der Waals surface area contributed by atoms with Gasteiger partial charge in [-0.2, -0.15) is 0 Å². The molecule has 0 nitrogen and oxygen atoms in total. The van der Waals surface area contributed by atoms with Gasteiger partial charge in [-0.25, -0.2) is 0 Å². The summed E-state index contributed by atoms with van der Waals surface area (Å²) in [5.41, 5.74) is 2.47. The topological polar surface area (TPSA) is 0 Å². The molecule has 0 spiro atoms. The van der Waals surface area contributed by atoms with Gasteiger partial charge in [0.05, 0.1) is 0 Å². The second-order valence-electron chi connectivity index (χ2n) is 6.46. The van der Waals surface area contributed by atoms with Gasteiger partial charge in [0.15, 0.2) is 0 Å². The first-order valence-corrected chi connectivity index (χ1v) is 10.8. The van der Waals surface area contributed by atoms with E-state index in [1.54, 1.807) is 0 Å². The molecule has 0 aliphatic carbocycles. The van der Waals surface area contributed by atoms with Gasteiger partial charge >= 0.3 is 0 Å². The summed E-state index contributed by atoms with van der Waals surface area (Å²) in [7, 11) is -0.446. The van der Waals surface area contributed by atoms with Gasteiger partial charge in [-0.05, 0) is 36.3 Å². The summed E-state index contributed by atoms with van der Waals surface area (Å²) in [5, 5.41) is 4.19. The van der Waals surface area contributed by atoms with Crippen molar-refractivity contribution >= 4 is 29.9 Å². The summed E-state index contributed by atoms with van der Waals surface area (Å²) in [5.74, 6) is 0. The Kier molecular flexibility index (Phi) is 7.36. The second-order valence-corrected chi connectivity index (χ2v) is 8.68. The van der Waals surface area contributed by atoms with Crippen LogP contribution >= 0.6 is 7.92 Å². The molecule has 0 radical (unpaired) electrons. The Labute approximate surface area is 170 Å². The number of benzene rings is 4. The molecular weight excluding hydrogens is 355 g/mol. The standard InChI is InChI=1S/C18H15P.C9H10/c1-4-10-16(11-5-1)19(17-12-6-2-7-13-17)18-14-8-3-9-15-18;1-3-9-6-4-8(2)5-7-9/h1-15H;3-7H,1H2,2H3. The average Bonchev–Trinajstić information content (AvgIpc) is 2.77. The molecule has 0 unspecified atom stereocenters. The molecule has 0 fully saturated rings. The van der Waals surface area contributed by atoms with Crippen molar-refractivity contribution in [2.24, 2.45) is 0 Å². The first-order chi connectivity index (χ1) is 13.8. The molecule has 0 bridgehead atoms. The highest BCUT2D eigenvalue weighted by molar-refractivity contribution is 7.79. The van der Waals surface area contributed by atoms with Crippen molar-refractivity contribution in [3.8, 4) is 0 Å². The fourth-order valence-corrected chi connectivity index (χ4v) is 5.19. The highest BCUT2D eigenvalue weighted by Gasteiger charge is 2.14. The Morgan fingerprint density at radius 1 is 0.536 bits per heavy atom. The fraction of sp³-hybridized carbons (Fsp3) is 0.0370. The molecule has 0 saturated heterocycles. The van der Waals surface area contributed by atoms with E-state index in [0.717, 1.165) is 0 Å². The van der Waals surface area contributed by atoms with E-state index < -0.39 is 7.92 Å². The van der Waals surface area contributed by atoms with Gasteiger partial charge in [-0.3, -0.25) is 0 Å². The van der Waals surface area contributed by atoms with Crippen LogP contribution in [-0.2, 0) is 0 Å². The van der Waals surface area contributed by atoms with Crippen molar-refractivity contribution in [3.05, 3.63) is 133 Å². The molecule has 0 atom stereocenters. The maximum atomic E-state index is 3.66. The van der Waals surface area contributed by atoms with Crippen LogP contribution in [0.5, 0.6) is 0 Å². The van der Waals surface area contributed by atoms with Gasteiger partial charge in [0.2, 0.25) is 0 Å². The lowest BCUT2D eigenvalue weighted by atomic mass is 10.2. The summed E-state index contributed by atoms with van der Waals surface area (Å²) in [6.45, 7) is 5.74. The fourth-order valence-electron chi connectivity index (χ4n) is 2.88. The first-order valence-electron chi connectivity index (χ1n) is 9.42. The molecular formula is C27H25P. The van der Waals surface area contributed by atoms with Crippen molar-refractivity contribution in [3.63, 3.8) is 0 Å². The zero-order valence-corrected chi connectivity index (χ0v) is 17.1. The van der Waals surface area contributed by atoms with E-state index in [1.807, 2.05) is 6.08 Å². The molecule has 4 aromatic carbocycles. The molecule has 0 aliphatic heterocycles. The summed E-state index contributed by atoms with van der Waals surface area (Å²) in [4.78, 5) is 0. The van der Waals surface area contributed by atoms with Crippen molar-refractivity contribution in [2.45, 2.75) is 6.92 Å². The molecule has 0 amide bonds. The maximum absolute atomic E-state index is 3.66. The van der Waals surface area contributed by atoms with Crippen LogP contribution in [0.1, 0.15) is 11.1 Å². The minimum atomic E-state index is -0.446. The summed E-state index contributed by atoms with van der Waals surface area (Å²) < 4.78 is 0. The Morgan fingerprint density at radius 2 is 0.893 bits per heavy atom. The van der Waals surface area contributed by atoms with Crippen molar-refractivity contribution in [1.82, 2.24) is 0 Å². The minimum absolute atomic E-state index is 0.446. The zero-order chi connectivity index (χ0) is 19.6. The van der Waals surface area contributed by atoms with Gasteiger partial charge < -0.3 is 0 Å². The predicted molar refractivity (Wildman–Crippen MR) is 126 cm³/mol. The van der Waals surface area contributed by atoms with Crippen LogP contribution in [-0.4, -0.2) is 0 Å². The predicted octanol–water partition coefficient (Wildman–Crippen LogP) is 6.08. The average molecular weight is 380 g/mol. The van der Waals surface area contributed by atoms with Crippen LogP contribution in [0.25, 0.3) is 6.08 Å². The molecule has 0 aliphatic rings. The van der Waals surface area contributed by atoms with E-state index in [1.165, 1.54) is 27.0 Å². The lowest BCUT2D eigenvalue weighted by Gasteiger charge is -2.18. The maximum Gasteiger partial charge on any atom is -0.0134 e. The molecule has 0 N–H and O–H groups in total. The SMILES string of the molecule is C=Cc1ccc(C)cc1.c1ccc(P(c2ccccc2)c2ccccc2)cc1. The lowest BCUT2D eigenvalue weighted by molar-refractivity contribution is 1.46. The van der Waals surface area contributed by atoms with Crippen LogP contribution in [0.2, 0.25) is 0 Å². The largest absolute Gasteiger partial charge is 0.0985 e. The van der Waals surface area contributed by atoms with E-state index in [0.29, 0.717) is 0 Å². The van der Waals surface area contributed by atoms with Crippen LogP contribution in [0.15, 0.2) is 122 Å². The highest BCUT2D eigenvalue weighted by Crippen LogP contribution is 2.32. The van der Waals surface area contributed by atoms with Gasteiger partial charge in [0, 0.05) is 0 Å². The second kappa shape index (κ2) is 10.4. The molecule has 0 aromatic heterocycles. The molecule has 0 saturated carbocycles. The molecule has 0 heterocycles. The van der Waals surface area contributed by atoms with E-state index in [-0.39, 0.29) is 0 Å². The van der Waals surface area contributed by atoms with Gasteiger partial charge in [0.1, 0.15) is 0 Å². The van der Waals surface area contributed by atoms with Gasteiger partial charge in [-0.1, -0.05) is 133 Å². The Bertz CT molecular complexity index is 865. The van der Waals surface area contributed by atoms with Gasteiger partial charge in [-0.15, -0.1) is 0 Å². The van der Waals surface area contributed by atoms with Crippen LogP contribution in [0.4, 0.5) is 0 Å². The molecule has 4 aromatic rings.